The summed E-state index contributed by atoms with van der Waals surface area (Å²) in [5.74, 6) is -0.822. The summed E-state index contributed by atoms with van der Waals surface area (Å²) in [4.78, 5) is 10.4. The molecule has 0 aromatic rings. The molecule has 0 unspecified atom stereocenters. The van der Waals surface area contributed by atoms with Crippen LogP contribution in [0.1, 0.15) is 19.8 Å². The number of halogens is 1. The first kappa shape index (κ1) is 9.71. The smallest absolute Gasteiger partial charge is 0.334 e. The molecule has 0 bridgehead atoms. The molecule has 0 aromatic heterocycles. The van der Waals surface area contributed by atoms with Crippen molar-refractivity contribution in [3.8, 4) is 0 Å². The SMILES string of the molecule is CCCC(=O)OS(=O)(=O)Cl. The highest BCUT2D eigenvalue weighted by atomic mass is 35.7. The van der Waals surface area contributed by atoms with Crippen LogP contribution in [0.3, 0.4) is 0 Å². The van der Waals surface area contributed by atoms with Gasteiger partial charge in [0.05, 0.1) is 10.7 Å². The summed E-state index contributed by atoms with van der Waals surface area (Å²) in [6.07, 6.45) is 0.594. The second kappa shape index (κ2) is 3.78. The van der Waals surface area contributed by atoms with E-state index in [1.54, 1.807) is 6.92 Å². The lowest BCUT2D eigenvalue weighted by Crippen LogP contribution is -2.06. The number of carbonyl (C=O) groups excluding carboxylic acids is 1. The van der Waals surface area contributed by atoms with E-state index < -0.39 is 15.3 Å². The van der Waals surface area contributed by atoms with Crippen molar-refractivity contribution in [2.45, 2.75) is 19.8 Å². The molecule has 0 aliphatic heterocycles. The van der Waals surface area contributed by atoms with Crippen molar-refractivity contribution < 1.29 is 17.4 Å². The molecule has 0 fully saturated rings. The molecular weight excluding hydrogens is 180 g/mol. The molecule has 4 nitrogen and oxygen atoms in total. The van der Waals surface area contributed by atoms with Crippen LogP contribution in [0, 0.1) is 0 Å². The molecule has 0 aliphatic carbocycles. The van der Waals surface area contributed by atoms with Crippen LogP contribution in [-0.2, 0) is 18.3 Å². The van der Waals surface area contributed by atoms with Gasteiger partial charge in [0.1, 0.15) is 0 Å². The molecule has 0 radical (unpaired) electrons. The Morgan fingerprint density at radius 3 is 2.40 bits per heavy atom. The molecule has 0 N–H and O–H groups in total. The zero-order chi connectivity index (χ0) is 8.20. The maximum Gasteiger partial charge on any atom is 0.403 e. The Hall–Kier alpha value is -0.290. The van der Waals surface area contributed by atoms with E-state index in [4.69, 9.17) is 0 Å². The summed E-state index contributed by atoms with van der Waals surface area (Å²) in [5, 5.41) is 0. The summed E-state index contributed by atoms with van der Waals surface area (Å²) in [6, 6.07) is 0. The molecule has 60 valence electrons. The molecule has 0 saturated carbocycles. The highest BCUT2D eigenvalue weighted by Gasteiger charge is 2.11. The van der Waals surface area contributed by atoms with Crippen LogP contribution in [0.5, 0.6) is 0 Å². The van der Waals surface area contributed by atoms with E-state index in [-0.39, 0.29) is 6.42 Å². The monoisotopic (exact) mass is 186 g/mol. The van der Waals surface area contributed by atoms with Crippen LogP contribution in [0.2, 0.25) is 0 Å². The molecule has 6 heteroatoms. The predicted molar refractivity (Wildman–Crippen MR) is 35.8 cm³/mol. The average molecular weight is 187 g/mol. The lowest BCUT2D eigenvalue weighted by atomic mass is 10.4. The fourth-order valence-corrected chi connectivity index (χ4v) is 0.873. The Labute approximate surface area is 63.8 Å². The third-order valence-electron chi connectivity index (χ3n) is 0.647. The maximum atomic E-state index is 10.4. The molecule has 0 heterocycles. The van der Waals surface area contributed by atoms with E-state index in [0.29, 0.717) is 6.42 Å². The van der Waals surface area contributed by atoms with Gasteiger partial charge in [-0.05, 0) is 6.42 Å². The fraction of sp³-hybridized carbons (Fsp3) is 0.750. The van der Waals surface area contributed by atoms with Gasteiger partial charge in [-0.3, -0.25) is 4.79 Å². The van der Waals surface area contributed by atoms with Crippen LogP contribution in [-0.4, -0.2) is 14.4 Å². The van der Waals surface area contributed by atoms with Gasteiger partial charge in [-0.15, -0.1) is 0 Å². The third kappa shape index (κ3) is 5.84. The van der Waals surface area contributed by atoms with Crippen LogP contribution in [0.4, 0.5) is 0 Å². The molecule has 10 heavy (non-hydrogen) atoms. The second-order valence-corrected chi connectivity index (χ2v) is 3.69. The summed E-state index contributed by atoms with van der Waals surface area (Å²) < 4.78 is 23.9. The number of rotatable bonds is 3. The Balaban J connectivity index is 3.82. The molecule has 0 aliphatic rings. The van der Waals surface area contributed by atoms with E-state index in [1.165, 1.54) is 0 Å². The van der Waals surface area contributed by atoms with Crippen molar-refractivity contribution in [3.05, 3.63) is 0 Å². The van der Waals surface area contributed by atoms with Crippen LogP contribution in [0.25, 0.3) is 0 Å². The quantitative estimate of drug-likeness (QED) is 0.612. The first-order valence-corrected chi connectivity index (χ1v) is 4.86. The molecule has 0 atom stereocenters. The number of carbonyl (C=O) groups is 1. The van der Waals surface area contributed by atoms with Gasteiger partial charge < -0.3 is 4.18 Å². The standard InChI is InChI=1S/C4H7ClO4S/c1-2-3-4(6)9-10(5,7)8/h2-3H2,1H3. The lowest BCUT2D eigenvalue weighted by Gasteiger charge is -1.95. The van der Waals surface area contributed by atoms with Gasteiger partial charge in [-0.2, -0.15) is 8.42 Å². The number of hydrogen-bond donors (Lipinski definition) is 0. The van der Waals surface area contributed by atoms with Gasteiger partial charge in [-0.1, -0.05) is 6.92 Å². The molecule has 0 amide bonds. The van der Waals surface area contributed by atoms with E-state index in [0.717, 1.165) is 0 Å². The number of hydrogen-bond acceptors (Lipinski definition) is 4. The first-order chi connectivity index (χ1) is 4.45. The summed E-state index contributed by atoms with van der Waals surface area (Å²) in [7, 11) is 0.470. The average Bonchev–Trinajstić information content (AvgIpc) is 1.59. The Kier molecular flexibility index (Phi) is 3.67. The third-order valence-corrected chi connectivity index (χ3v) is 1.22. The van der Waals surface area contributed by atoms with Gasteiger partial charge in [0.2, 0.25) is 0 Å². The zero-order valence-corrected chi connectivity index (χ0v) is 6.91. The Morgan fingerprint density at radius 1 is 1.60 bits per heavy atom. The normalized spacial score (nSPS) is 11.0. The van der Waals surface area contributed by atoms with E-state index in [2.05, 4.69) is 14.9 Å². The van der Waals surface area contributed by atoms with Crippen molar-refractivity contribution in [3.63, 3.8) is 0 Å². The van der Waals surface area contributed by atoms with Gasteiger partial charge in [-0.25, -0.2) is 0 Å². The maximum absolute atomic E-state index is 10.4. The highest BCUT2D eigenvalue weighted by Crippen LogP contribution is 2.01. The van der Waals surface area contributed by atoms with Gasteiger partial charge >= 0.3 is 15.3 Å². The highest BCUT2D eigenvalue weighted by molar-refractivity contribution is 8.10. The first-order valence-electron chi connectivity index (χ1n) is 2.62. The molecular formula is C4H7ClO4S. The molecule has 0 rings (SSSR count). The molecule has 0 aromatic carbocycles. The van der Waals surface area contributed by atoms with Gasteiger partial charge in [0.15, 0.2) is 0 Å². The Morgan fingerprint density at radius 2 is 2.10 bits per heavy atom. The summed E-state index contributed by atoms with van der Waals surface area (Å²) >= 11 is 0. The van der Waals surface area contributed by atoms with Crippen molar-refractivity contribution in [2.24, 2.45) is 0 Å². The van der Waals surface area contributed by atoms with E-state index >= 15 is 0 Å². The topological polar surface area (TPSA) is 60.4 Å². The van der Waals surface area contributed by atoms with Crippen molar-refractivity contribution in [2.75, 3.05) is 0 Å². The van der Waals surface area contributed by atoms with E-state index in [1.807, 2.05) is 0 Å². The fourth-order valence-electron chi connectivity index (χ4n) is 0.357. The minimum absolute atomic E-state index is 0.0615. The minimum atomic E-state index is -4.12. The predicted octanol–water partition coefficient (Wildman–Crippen LogP) is 0.813. The van der Waals surface area contributed by atoms with Crippen molar-refractivity contribution >= 4 is 26.0 Å². The van der Waals surface area contributed by atoms with Crippen LogP contribution in [0.15, 0.2) is 0 Å². The van der Waals surface area contributed by atoms with Gasteiger partial charge in [0, 0.05) is 6.42 Å². The minimum Gasteiger partial charge on any atom is -0.334 e. The summed E-state index contributed by atoms with van der Waals surface area (Å²) in [6.45, 7) is 1.72. The van der Waals surface area contributed by atoms with Crippen molar-refractivity contribution in [1.29, 1.82) is 0 Å². The zero-order valence-electron chi connectivity index (χ0n) is 5.33. The van der Waals surface area contributed by atoms with Gasteiger partial charge in [0.25, 0.3) is 0 Å². The molecule has 0 saturated heterocycles. The van der Waals surface area contributed by atoms with Crippen molar-refractivity contribution in [1.82, 2.24) is 0 Å². The Bertz CT molecular complexity index is 207. The second-order valence-electron chi connectivity index (χ2n) is 1.60. The molecule has 0 spiro atoms. The largest absolute Gasteiger partial charge is 0.403 e. The van der Waals surface area contributed by atoms with Crippen LogP contribution < -0.4 is 0 Å². The van der Waals surface area contributed by atoms with E-state index in [9.17, 15) is 13.2 Å². The van der Waals surface area contributed by atoms with Crippen LogP contribution >= 0.6 is 10.7 Å². The summed E-state index contributed by atoms with van der Waals surface area (Å²) in [5.41, 5.74) is 0. The lowest BCUT2D eigenvalue weighted by molar-refractivity contribution is -0.133.